The first-order valence-corrected chi connectivity index (χ1v) is 7.58. The maximum atomic E-state index is 5.98. The Morgan fingerprint density at radius 3 is 3.18 bits per heavy atom. The number of nitrogens with zero attached hydrogens (tertiary/aromatic N) is 3. The van der Waals surface area contributed by atoms with Crippen LogP contribution in [0, 0.1) is 0 Å². The molecule has 0 bridgehead atoms. The SMILES string of the molecule is CN1CCSCC1c1nc(N)c2ccsc2n1. The summed E-state index contributed by atoms with van der Waals surface area (Å²) in [6, 6.07) is 2.28. The normalized spacial score (nSPS) is 22.1. The van der Waals surface area contributed by atoms with Crippen LogP contribution < -0.4 is 5.73 Å². The molecule has 1 unspecified atom stereocenters. The summed E-state index contributed by atoms with van der Waals surface area (Å²) in [6.45, 7) is 1.08. The second kappa shape index (κ2) is 4.44. The van der Waals surface area contributed by atoms with Crippen molar-refractivity contribution in [2.75, 3.05) is 30.8 Å². The van der Waals surface area contributed by atoms with Gasteiger partial charge in [0.1, 0.15) is 16.5 Å². The molecule has 0 saturated carbocycles. The Labute approximate surface area is 108 Å². The van der Waals surface area contributed by atoms with Gasteiger partial charge in [-0.1, -0.05) is 0 Å². The zero-order valence-electron chi connectivity index (χ0n) is 9.59. The largest absolute Gasteiger partial charge is 0.383 e. The lowest BCUT2D eigenvalue weighted by atomic mass is 10.2. The van der Waals surface area contributed by atoms with Crippen molar-refractivity contribution in [3.8, 4) is 0 Å². The molecule has 1 fully saturated rings. The van der Waals surface area contributed by atoms with Crippen LogP contribution in [0.2, 0.25) is 0 Å². The van der Waals surface area contributed by atoms with Crippen LogP contribution in [0.25, 0.3) is 10.2 Å². The first kappa shape index (κ1) is 11.3. The van der Waals surface area contributed by atoms with Crippen LogP contribution in [0.1, 0.15) is 11.9 Å². The number of fused-ring (bicyclic) bond motifs is 1. The second-order valence-corrected chi connectivity index (χ2v) is 6.22. The molecule has 3 rings (SSSR count). The monoisotopic (exact) mass is 266 g/mol. The fraction of sp³-hybridized carbons (Fsp3) is 0.455. The van der Waals surface area contributed by atoms with E-state index in [1.165, 1.54) is 5.75 Å². The molecular formula is C11H14N4S2. The van der Waals surface area contributed by atoms with Gasteiger partial charge in [-0.3, -0.25) is 4.90 Å². The van der Waals surface area contributed by atoms with Crippen LogP contribution in [-0.4, -0.2) is 40.0 Å². The third kappa shape index (κ3) is 2.00. The zero-order valence-corrected chi connectivity index (χ0v) is 11.2. The van der Waals surface area contributed by atoms with Crippen LogP contribution in [0.4, 0.5) is 5.82 Å². The van der Waals surface area contributed by atoms with Crippen molar-refractivity contribution < 1.29 is 0 Å². The van der Waals surface area contributed by atoms with Crippen molar-refractivity contribution in [2.45, 2.75) is 6.04 Å². The number of nitrogen functional groups attached to an aromatic ring is 1. The van der Waals surface area contributed by atoms with Crippen LogP contribution in [0.15, 0.2) is 11.4 Å². The summed E-state index contributed by atoms with van der Waals surface area (Å²) < 4.78 is 0. The Morgan fingerprint density at radius 2 is 2.35 bits per heavy atom. The Kier molecular flexibility index (Phi) is 2.94. The van der Waals surface area contributed by atoms with E-state index in [4.69, 9.17) is 5.73 Å². The molecule has 1 saturated heterocycles. The molecule has 0 aromatic carbocycles. The minimum atomic E-state index is 0.294. The van der Waals surface area contributed by atoms with E-state index in [1.54, 1.807) is 11.3 Å². The average molecular weight is 266 g/mol. The molecule has 6 heteroatoms. The topological polar surface area (TPSA) is 55.0 Å². The lowest BCUT2D eigenvalue weighted by Crippen LogP contribution is -2.33. The van der Waals surface area contributed by atoms with Gasteiger partial charge in [-0.05, 0) is 18.5 Å². The molecule has 1 aliphatic heterocycles. The molecule has 17 heavy (non-hydrogen) atoms. The van der Waals surface area contributed by atoms with Crippen molar-refractivity contribution in [3.05, 3.63) is 17.3 Å². The third-order valence-electron chi connectivity index (χ3n) is 3.07. The minimum absolute atomic E-state index is 0.294. The van der Waals surface area contributed by atoms with E-state index in [9.17, 15) is 0 Å². The molecule has 2 N–H and O–H groups in total. The minimum Gasteiger partial charge on any atom is -0.383 e. The Bertz CT molecular complexity index is 539. The van der Waals surface area contributed by atoms with Crippen molar-refractivity contribution in [1.29, 1.82) is 0 Å². The summed E-state index contributed by atoms with van der Waals surface area (Å²) in [5, 5.41) is 2.99. The molecule has 0 radical (unpaired) electrons. The van der Waals surface area contributed by atoms with E-state index in [0.29, 0.717) is 11.9 Å². The highest BCUT2D eigenvalue weighted by atomic mass is 32.2. The predicted molar refractivity (Wildman–Crippen MR) is 74.5 cm³/mol. The van der Waals surface area contributed by atoms with Crippen molar-refractivity contribution >= 4 is 39.1 Å². The summed E-state index contributed by atoms with van der Waals surface area (Å²) in [5.41, 5.74) is 5.98. The fourth-order valence-corrected chi connectivity index (χ4v) is 3.99. The van der Waals surface area contributed by atoms with Gasteiger partial charge in [0.25, 0.3) is 0 Å². The first-order valence-electron chi connectivity index (χ1n) is 5.54. The van der Waals surface area contributed by atoms with E-state index in [0.717, 1.165) is 28.3 Å². The molecule has 2 aromatic heterocycles. The molecule has 4 nitrogen and oxygen atoms in total. The Hall–Kier alpha value is -0.850. The lowest BCUT2D eigenvalue weighted by Gasteiger charge is -2.30. The van der Waals surface area contributed by atoms with Gasteiger partial charge in [-0.15, -0.1) is 11.3 Å². The third-order valence-corrected chi connectivity index (χ3v) is 4.90. The van der Waals surface area contributed by atoms with Crippen molar-refractivity contribution in [3.63, 3.8) is 0 Å². The van der Waals surface area contributed by atoms with Gasteiger partial charge in [-0.2, -0.15) is 11.8 Å². The number of aromatic nitrogens is 2. The first-order chi connectivity index (χ1) is 8.25. The van der Waals surface area contributed by atoms with Crippen molar-refractivity contribution in [1.82, 2.24) is 14.9 Å². The van der Waals surface area contributed by atoms with Gasteiger partial charge in [0.05, 0.1) is 11.4 Å². The molecule has 90 valence electrons. The van der Waals surface area contributed by atoms with Gasteiger partial charge in [0.2, 0.25) is 0 Å². The maximum absolute atomic E-state index is 5.98. The van der Waals surface area contributed by atoms with Crippen LogP contribution in [0.3, 0.4) is 0 Å². The standard InChI is InChI=1S/C11H14N4S2/c1-15-3-5-16-6-8(15)10-13-9(12)7-2-4-17-11(7)14-10/h2,4,8H,3,5-6H2,1H3,(H2,12,13,14). The molecule has 1 aliphatic rings. The Morgan fingerprint density at radius 1 is 1.47 bits per heavy atom. The highest BCUT2D eigenvalue weighted by Crippen LogP contribution is 2.30. The van der Waals surface area contributed by atoms with Crippen LogP contribution in [0.5, 0.6) is 0 Å². The van der Waals surface area contributed by atoms with Gasteiger partial charge in [0.15, 0.2) is 0 Å². The van der Waals surface area contributed by atoms with Crippen LogP contribution >= 0.6 is 23.1 Å². The van der Waals surface area contributed by atoms with Gasteiger partial charge in [-0.25, -0.2) is 9.97 Å². The predicted octanol–water partition coefficient (Wildman–Crippen LogP) is 1.99. The number of hydrogen-bond donors (Lipinski definition) is 1. The molecule has 2 aromatic rings. The molecule has 3 heterocycles. The molecular weight excluding hydrogens is 252 g/mol. The number of thioether (sulfide) groups is 1. The van der Waals surface area contributed by atoms with E-state index in [2.05, 4.69) is 21.9 Å². The average Bonchev–Trinajstić information content (AvgIpc) is 2.78. The summed E-state index contributed by atoms with van der Waals surface area (Å²) in [6.07, 6.45) is 0. The summed E-state index contributed by atoms with van der Waals surface area (Å²) >= 11 is 3.58. The lowest BCUT2D eigenvalue weighted by molar-refractivity contribution is 0.265. The summed E-state index contributed by atoms with van der Waals surface area (Å²) in [5.74, 6) is 3.71. The van der Waals surface area contributed by atoms with E-state index < -0.39 is 0 Å². The van der Waals surface area contributed by atoms with Crippen molar-refractivity contribution in [2.24, 2.45) is 0 Å². The zero-order chi connectivity index (χ0) is 11.8. The van der Waals surface area contributed by atoms with E-state index in [-0.39, 0.29) is 0 Å². The number of thiophene rings is 1. The molecule has 0 spiro atoms. The second-order valence-electron chi connectivity index (χ2n) is 4.18. The summed E-state index contributed by atoms with van der Waals surface area (Å²) in [7, 11) is 2.13. The molecule has 0 aliphatic carbocycles. The number of rotatable bonds is 1. The van der Waals surface area contributed by atoms with Gasteiger partial charge < -0.3 is 5.73 Å². The van der Waals surface area contributed by atoms with Gasteiger partial charge >= 0.3 is 0 Å². The van der Waals surface area contributed by atoms with E-state index >= 15 is 0 Å². The highest BCUT2D eigenvalue weighted by Gasteiger charge is 2.24. The smallest absolute Gasteiger partial charge is 0.150 e. The van der Waals surface area contributed by atoms with E-state index in [1.807, 2.05) is 23.2 Å². The quantitative estimate of drug-likeness (QED) is 0.855. The number of anilines is 1. The van der Waals surface area contributed by atoms with Crippen LogP contribution in [-0.2, 0) is 0 Å². The molecule has 0 amide bonds. The number of nitrogens with two attached hydrogens (primary N) is 1. The van der Waals surface area contributed by atoms with Gasteiger partial charge in [0, 0.05) is 18.1 Å². The highest BCUT2D eigenvalue weighted by molar-refractivity contribution is 7.99. The fourth-order valence-electron chi connectivity index (χ4n) is 2.00. The number of hydrogen-bond acceptors (Lipinski definition) is 6. The Balaban J connectivity index is 2.04. The molecule has 1 atom stereocenters. The summed E-state index contributed by atoms with van der Waals surface area (Å²) in [4.78, 5) is 12.4. The maximum Gasteiger partial charge on any atom is 0.150 e.